The first-order chi connectivity index (χ1) is 11.2. The fourth-order valence-corrected chi connectivity index (χ4v) is 3.01. The molecule has 0 unspecified atom stereocenters. The molecular weight excluding hydrogens is 323 g/mol. The Balaban J connectivity index is 2.28. The summed E-state index contributed by atoms with van der Waals surface area (Å²) in [7, 11) is 0. The Bertz CT molecular complexity index is 631. The fraction of sp³-hybridized carbons (Fsp3) is 0.500. The zero-order valence-corrected chi connectivity index (χ0v) is 13.2. The van der Waals surface area contributed by atoms with Crippen molar-refractivity contribution in [3.05, 3.63) is 23.8 Å². The first-order valence-corrected chi connectivity index (χ1v) is 7.72. The quantitative estimate of drug-likeness (QED) is 0.786. The van der Waals surface area contributed by atoms with Gasteiger partial charge in [-0.2, -0.15) is 13.2 Å². The van der Waals surface area contributed by atoms with Crippen LogP contribution in [0.25, 0.3) is 0 Å². The van der Waals surface area contributed by atoms with E-state index >= 15 is 0 Å². The number of carbonyl (C=O) groups excluding carboxylic acids is 2. The van der Waals surface area contributed by atoms with Gasteiger partial charge in [-0.25, -0.2) is 0 Å². The molecule has 0 heterocycles. The second-order valence-electron chi connectivity index (χ2n) is 5.96. The lowest BCUT2D eigenvalue weighted by atomic mass is 9.95. The summed E-state index contributed by atoms with van der Waals surface area (Å²) in [6, 6.07) is 2.82. The topological polar surface area (TPSA) is 84.2 Å². The predicted molar refractivity (Wildman–Crippen MR) is 84.3 cm³/mol. The van der Waals surface area contributed by atoms with Crippen molar-refractivity contribution < 1.29 is 22.8 Å². The van der Waals surface area contributed by atoms with Gasteiger partial charge in [-0.05, 0) is 43.5 Å². The summed E-state index contributed by atoms with van der Waals surface area (Å²) in [6.07, 6.45) is -2.19. The van der Waals surface area contributed by atoms with Crippen molar-refractivity contribution in [2.75, 3.05) is 17.2 Å². The number of benzene rings is 1. The van der Waals surface area contributed by atoms with E-state index in [-0.39, 0.29) is 29.1 Å². The molecule has 24 heavy (non-hydrogen) atoms. The molecule has 1 aromatic rings. The molecule has 1 fully saturated rings. The van der Waals surface area contributed by atoms with Crippen molar-refractivity contribution in [1.29, 1.82) is 0 Å². The number of anilines is 2. The van der Waals surface area contributed by atoms with Gasteiger partial charge in [0, 0.05) is 12.8 Å². The summed E-state index contributed by atoms with van der Waals surface area (Å²) in [6.45, 7) is 1.60. The highest BCUT2D eigenvalue weighted by molar-refractivity contribution is 6.00. The van der Waals surface area contributed by atoms with Crippen LogP contribution in [0.2, 0.25) is 0 Å². The Morgan fingerprint density at radius 2 is 1.92 bits per heavy atom. The maximum Gasteiger partial charge on any atom is 0.416 e. The Morgan fingerprint density at radius 1 is 1.21 bits per heavy atom. The first kappa shape index (κ1) is 18.3. The maximum atomic E-state index is 12.9. The van der Waals surface area contributed by atoms with Crippen LogP contribution in [0.3, 0.4) is 0 Å². The molecule has 0 aromatic heterocycles. The van der Waals surface area contributed by atoms with Crippen molar-refractivity contribution in [2.24, 2.45) is 17.6 Å². The van der Waals surface area contributed by atoms with Gasteiger partial charge in [0.15, 0.2) is 0 Å². The van der Waals surface area contributed by atoms with Crippen molar-refractivity contribution in [3.8, 4) is 0 Å². The molecule has 2 amide bonds. The Labute approximate surface area is 137 Å². The van der Waals surface area contributed by atoms with E-state index in [1.165, 1.54) is 6.92 Å². The number of halogens is 3. The minimum atomic E-state index is -4.54. The van der Waals surface area contributed by atoms with E-state index in [2.05, 4.69) is 10.6 Å². The summed E-state index contributed by atoms with van der Waals surface area (Å²) in [5.74, 6) is -1.10. The number of rotatable bonds is 4. The van der Waals surface area contributed by atoms with E-state index in [0.29, 0.717) is 13.0 Å². The Morgan fingerprint density at radius 3 is 2.50 bits per heavy atom. The third kappa shape index (κ3) is 4.25. The second kappa shape index (κ2) is 7.21. The second-order valence-corrected chi connectivity index (χ2v) is 5.96. The maximum absolute atomic E-state index is 12.9. The normalized spacial score (nSPS) is 20.7. The van der Waals surface area contributed by atoms with Crippen LogP contribution < -0.4 is 16.4 Å². The molecule has 1 aromatic carbocycles. The van der Waals surface area contributed by atoms with Gasteiger partial charge in [-0.15, -0.1) is 0 Å². The zero-order chi connectivity index (χ0) is 17.9. The number of hydrogen-bond donors (Lipinski definition) is 3. The average Bonchev–Trinajstić information content (AvgIpc) is 2.96. The molecule has 8 heteroatoms. The van der Waals surface area contributed by atoms with Crippen LogP contribution in [0.1, 0.15) is 31.7 Å². The molecule has 1 aliphatic rings. The van der Waals surface area contributed by atoms with Gasteiger partial charge in [-0.3, -0.25) is 9.59 Å². The van der Waals surface area contributed by atoms with E-state index < -0.39 is 17.6 Å². The molecule has 0 aliphatic heterocycles. The van der Waals surface area contributed by atoms with E-state index in [0.717, 1.165) is 31.0 Å². The third-order valence-electron chi connectivity index (χ3n) is 4.21. The van der Waals surface area contributed by atoms with Crippen molar-refractivity contribution in [1.82, 2.24) is 0 Å². The van der Waals surface area contributed by atoms with Crippen molar-refractivity contribution in [2.45, 2.75) is 32.4 Å². The first-order valence-electron chi connectivity index (χ1n) is 7.72. The number of carbonyl (C=O) groups is 2. The summed E-state index contributed by atoms with van der Waals surface area (Å²) in [5, 5.41) is 4.95. The van der Waals surface area contributed by atoms with Crippen LogP contribution in [0.15, 0.2) is 18.2 Å². The van der Waals surface area contributed by atoms with Crippen LogP contribution in [-0.4, -0.2) is 18.4 Å². The standard InChI is InChI=1S/C16H20F3N3O2/c1-9(23)21-13-6-5-11(16(17,18)19)7-14(13)22-15(24)12-4-2-3-10(12)8-20/h5-7,10,12H,2-4,8,20H2,1H3,(H,21,23)(H,22,24)/t10-,12-/m1/s1. The van der Waals surface area contributed by atoms with Gasteiger partial charge in [0.1, 0.15) is 0 Å². The number of hydrogen-bond acceptors (Lipinski definition) is 3. The molecule has 2 rings (SSSR count). The third-order valence-corrected chi connectivity index (χ3v) is 4.21. The molecule has 4 N–H and O–H groups in total. The summed E-state index contributed by atoms with van der Waals surface area (Å²) >= 11 is 0. The Kier molecular flexibility index (Phi) is 5.48. The smallest absolute Gasteiger partial charge is 0.330 e. The van der Waals surface area contributed by atoms with Gasteiger partial charge < -0.3 is 16.4 Å². The molecule has 0 saturated heterocycles. The van der Waals surface area contributed by atoms with E-state index in [1.807, 2.05) is 0 Å². The van der Waals surface area contributed by atoms with Gasteiger partial charge in [0.25, 0.3) is 0 Å². The van der Waals surface area contributed by atoms with Crippen molar-refractivity contribution in [3.63, 3.8) is 0 Å². The minimum Gasteiger partial charge on any atom is -0.330 e. The highest BCUT2D eigenvalue weighted by atomic mass is 19.4. The van der Waals surface area contributed by atoms with Crippen LogP contribution in [0.5, 0.6) is 0 Å². The largest absolute Gasteiger partial charge is 0.416 e. The lowest BCUT2D eigenvalue weighted by Gasteiger charge is -2.20. The molecular formula is C16H20F3N3O2. The number of alkyl halides is 3. The summed E-state index contributed by atoms with van der Waals surface area (Å²) in [4.78, 5) is 23.6. The molecule has 132 valence electrons. The average molecular weight is 343 g/mol. The summed E-state index contributed by atoms with van der Waals surface area (Å²) in [5.41, 5.74) is 4.82. The number of amides is 2. The molecule has 1 aliphatic carbocycles. The molecule has 0 radical (unpaired) electrons. The van der Waals surface area contributed by atoms with E-state index in [9.17, 15) is 22.8 Å². The van der Waals surface area contributed by atoms with Crippen LogP contribution in [0.4, 0.5) is 24.5 Å². The fourth-order valence-electron chi connectivity index (χ4n) is 3.01. The lowest BCUT2D eigenvalue weighted by molar-refractivity contribution is -0.137. The minimum absolute atomic E-state index is 0.0278. The van der Waals surface area contributed by atoms with Gasteiger partial charge >= 0.3 is 6.18 Å². The summed E-state index contributed by atoms with van der Waals surface area (Å²) < 4.78 is 38.7. The molecule has 5 nitrogen and oxygen atoms in total. The van der Waals surface area contributed by atoms with Crippen LogP contribution in [-0.2, 0) is 15.8 Å². The van der Waals surface area contributed by atoms with Gasteiger partial charge in [-0.1, -0.05) is 6.42 Å². The number of nitrogens with one attached hydrogen (secondary N) is 2. The molecule has 1 saturated carbocycles. The zero-order valence-electron chi connectivity index (χ0n) is 13.2. The molecule has 0 bridgehead atoms. The van der Waals surface area contributed by atoms with Gasteiger partial charge in [0.05, 0.1) is 16.9 Å². The molecule has 0 spiro atoms. The highest BCUT2D eigenvalue weighted by Gasteiger charge is 2.34. The van der Waals surface area contributed by atoms with Gasteiger partial charge in [0.2, 0.25) is 11.8 Å². The highest BCUT2D eigenvalue weighted by Crippen LogP contribution is 2.36. The van der Waals surface area contributed by atoms with Crippen molar-refractivity contribution >= 4 is 23.2 Å². The van der Waals surface area contributed by atoms with E-state index in [4.69, 9.17) is 5.73 Å². The molecule has 2 atom stereocenters. The van der Waals surface area contributed by atoms with Crippen LogP contribution >= 0.6 is 0 Å². The number of nitrogens with two attached hydrogens (primary N) is 1. The van der Waals surface area contributed by atoms with E-state index in [1.54, 1.807) is 0 Å². The SMILES string of the molecule is CC(=O)Nc1ccc(C(F)(F)F)cc1NC(=O)[C@@H]1CCC[C@@H]1CN. The predicted octanol–water partition coefficient (Wildman–Crippen LogP) is 2.98. The van der Waals surface area contributed by atoms with Crippen LogP contribution in [0, 0.1) is 11.8 Å². The lowest BCUT2D eigenvalue weighted by Crippen LogP contribution is -2.30. The monoisotopic (exact) mass is 343 g/mol. The Hall–Kier alpha value is -2.09.